The van der Waals surface area contributed by atoms with Gasteiger partial charge in [-0.25, -0.2) is 4.79 Å². The van der Waals surface area contributed by atoms with Gasteiger partial charge in [-0.3, -0.25) is 4.79 Å². The van der Waals surface area contributed by atoms with Crippen LogP contribution in [0.4, 0.5) is 0 Å². The number of rotatable bonds is 10. The van der Waals surface area contributed by atoms with E-state index in [4.69, 9.17) is 18.9 Å². The summed E-state index contributed by atoms with van der Waals surface area (Å²) >= 11 is 0. The highest BCUT2D eigenvalue weighted by atomic mass is 16.5. The summed E-state index contributed by atoms with van der Waals surface area (Å²) in [4.78, 5) is 27.4. The fourth-order valence-electron chi connectivity index (χ4n) is 5.42. The molecule has 1 aliphatic carbocycles. The fourth-order valence-corrected chi connectivity index (χ4v) is 5.42. The van der Waals surface area contributed by atoms with Crippen LogP contribution in [-0.4, -0.2) is 38.7 Å². The van der Waals surface area contributed by atoms with Crippen molar-refractivity contribution in [3.8, 4) is 17.2 Å². The fraction of sp³-hybridized carbons (Fsp3) is 0.438. The first-order valence-corrected chi connectivity index (χ1v) is 13.7. The summed E-state index contributed by atoms with van der Waals surface area (Å²) in [6, 6.07) is 13.5. The summed E-state index contributed by atoms with van der Waals surface area (Å²) in [7, 11) is 3.21. The second kappa shape index (κ2) is 12.4. The lowest BCUT2D eigenvalue weighted by atomic mass is 9.71. The average Bonchev–Trinajstić information content (AvgIpc) is 2.91. The molecular formula is C32H39NO6. The number of carbonyl (C=O) groups is 2. The van der Waals surface area contributed by atoms with Gasteiger partial charge in [-0.05, 0) is 63.3 Å². The van der Waals surface area contributed by atoms with Crippen molar-refractivity contribution in [2.75, 3.05) is 20.8 Å². The number of benzene rings is 2. The Hall–Kier alpha value is -3.74. The van der Waals surface area contributed by atoms with E-state index in [1.807, 2.05) is 63.2 Å². The number of ether oxygens (including phenoxy) is 4. The zero-order chi connectivity index (χ0) is 28.1. The summed E-state index contributed by atoms with van der Waals surface area (Å²) < 4.78 is 22.7. The third kappa shape index (κ3) is 5.97. The molecule has 0 saturated heterocycles. The maximum Gasteiger partial charge on any atom is 0.337 e. The Morgan fingerprint density at radius 2 is 1.77 bits per heavy atom. The van der Waals surface area contributed by atoms with E-state index < -0.39 is 11.9 Å². The highest BCUT2D eigenvalue weighted by Gasteiger charge is 2.42. The quantitative estimate of drug-likeness (QED) is 0.288. The number of para-hydroxylation sites is 1. The molecule has 0 spiro atoms. The number of esters is 1. The summed E-state index contributed by atoms with van der Waals surface area (Å²) in [6.45, 7) is 8.20. The predicted molar refractivity (Wildman–Crippen MR) is 150 cm³/mol. The van der Waals surface area contributed by atoms with Crippen molar-refractivity contribution in [2.24, 2.45) is 0 Å². The number of allylic oxidation sites excluding steroid dienone is 3. The van der Waals surface area contributed by atoms with E-state index in [0.29, 0.717) is 53.5 Å². The molecule has 0 aromatic heterocycles. The van der Waals surface area contributed by atoms with Gasteiger partial charge in [0.15, 0.2) is 17.3 Å². The second-order valence-electron chi connectivity index (χ2n) is 10.3. The van der Waals surface area contributed by atoms with Gasteiger partial charge in [0.25, 0.3) is 0 Å². The van der Waals surface area contributed by atoms with Gasteiger partial charge in [-0.1, -0.05) is 37.6 Å². The van der Waals surface area contributed by atoms with Crippen LogP contribution in [0.25, 0.3) is 0 Å². The van der Waals surface area contributed by atoms with Crippen molar-refractivity contribution >= 4 is 11.8 Å². The lowest BCUT2D eigenvalue weighted by Crippen LogP contribution is -2.36. The largest absolute Gasteiger partial charge is 0.493 e. The van der Waals surface area contributed by atoms with Crippen LogP contribution >= 0.6 is 0 Å². The van der Waals surface area contributed by atoms with Crippen LogP contribution in [0.3, 0.4) is 0 Å². The van der Waals surface area contributed by atoms with Gasteiger partial charge in [-0.15, -0.1) is 0 Å². The van der Waals surface area contributed by atoms with Gasteiger partial charge in [0.1, 0.15) is 5.75 Å². The van der Waals surface area contributed by atoms with Crippen molar-refractivity contribution in [1.29, 1.82) is 0 Å². The smallest absolute Gasteiger partial charge is 0.337 e. The number of methoxy groups -OCH3 is 2. The molecule has 2 aromatic rings. The van der Waals surface area contributed by atoms with Gasteiger partial charge in [0, 0.05) is 29.0 Å². The van der Waals surface area contributed by atoms with Gasteiger partial charge < -0.3 is 24.3 Å². The summed E-state index contributed by atoms with van der Waals surface area (Å²) in [5.74, 6) is 0.906. The van der Waals surface area contributed by atoms with Crippen molar-refractivity contribution in [1.82, 2.24) is 5.32 Å². The third-order valence-electron chi connectivity index (χ3n) is 7.25. The Balaban J connectivity index is 1.79. The number of hydrogen-bond acceptors (Lipinski definition) is 7. The van der Waals surface area contributed by atoms with Crippen LogP contribution in [0.5, 0.6) is 17.2 Å². The molecule has 7 heteroatoms. The molecule has 0 unspecified atom stereocenters. The molecule has 1 aliphatic heterocycles. The summed E-state index contributed by atoms with van der Waals surface area (Å²) in [5.41, 5.74) is 4.38. The second-order valence-corrected chi connectivity index (χ2v) is 10.3. The molecule has 4 rings (SSSR count). The van der Waals surface area contributed by atoms with E-state index >= 15 is 0 Å². The van der Waals surface area contributed by atoms with Crippen molar-refractivity contribution < 1.29 is 28.5 Å². The topological polar surface area (TPSA) is 83.1 Å². The Morgan fingerprint density at radius 1 is 1.03 bits per heavy atom. The lowest BCUT2D eigenvalue weighted by Gasteiger charge is -2.37. The highest BCUT2D eigenvalue weighted by molar-refractivity contribution is 6.04. The SMILES string of the molecule is CCCCOc1ccccc1[C@@H]1C(C(=O)OC(C)C)=C(C)NC2=C1C(=O)C[C@@H](c1ccc(OC)c(OC)c1)C2. The number of nitrogens with one attached hydrogen (secondary N) is 1. The van der Waals surface area contributed by atoms with Gasteiger partial charge in [0.2, 0.25) is 0 Å². The highest BCUT2D eigenvalue weighted by Crippen LogP contribution is 2.48. The first-order valence-electron chi connectivity index (χ1n) is 13.7. The minimum absolute atomic E-state index is 0.000701. The maximum atomic E-state index is 14.0. The number of unbranched alkanes of at least 4 members (excludes halogenated alkanes) is 1. The minimum Gasteiger partial charge on any atom is -0.493 e. The summed E-state index contributed by atoms with van der Waals surface area (Å²) in [6.07, 6.45) is 2.57. The zero-order valence-electron chi connectivity index (χ0n) is 23.8. The van der Waals surface area contributed by atoms with E-state index in [2.05, 4.69) is 12.2 Å². The zero-order valence-corrected chi connectivity index (χ0v) is 23.8. The van der Waals surface area contributed by atoms with E-state index in [9.17, 15) is 9.59 Å². The predicted octanol–water partition coefficient (Wildman–Crippen LogP) is 6.20. The van der Waals surface area contributed by atoms with Crippen molar-refractivity contribution in [3.63, 3.8) is 0 Å². The number of ketones is 1. The molecule has 2 aliphatic rings. The maximum absolute atomic E-state index is 14.0. The molecule has 1 heterocycles. The molecule has 1 N–H and O–H groups in total. The molecule has 0 bridgehead atoms. The third-order valence-corrected chi connectivity index (χ3v) is 7.25. The van der Waals surface area contributed by atoms with Crippen molar-refractivity contribution in [3.05, 3.63) is 76.1 Å². The van der Waals surface area contributed by atoms with Gasteiger partial charge >= 0.3 is 5.97 Å². The van der Waals surface area contributed by atoms with Crippen molar-refractivity contribution in [2.45, 2.75) is 71.3 Å². The Bertz CT molecular complexity index is 1290. The van der Waals surface area contributed by atoms with E-state index in [1.165, 1.54) is 0 Å². The van der Waals surface area contributed by atoms with Crippen LogP contribution in [0, 0.1) is 0 Å². The van der Waals surface area contributed by atoms with Crippen LogP contribution < -0.4 is 19.5 Å². The lowest BCUT2D eigenvalue weighted by molar-refractivity contribution is -0.143. The monoisotopic (exact) mass is 533 g/mol. The number of dihydropyridines is 1. The van der Waals surface area contributed by atoms with Crippen LogP contribution in [-0.2, 0) is 14.3 Å². The molecule has 2 atom stereocenters. The Kier molecular flexibility index (Phi) is 9.00. The molecule has 208 valence electrons. The van der Waals surface area contributed by atoms with Crippen LogP contribution in [0.1, 0.15) is 76.3 Å². The minimum atomic E-state index is -0.579. The van der Waals surface area contributed by atoms with Gasteiger partial charge in [-0.2, -0.15) is 0 Å². The number of Topliss-reactive ketones (excluding diaryl/α,β-unsaturated/α-hetero) is 1. The Morgan fingerprint density at radius 3 is 2.46 bits per heavy atom. The molecule has 0 saturated carbocycles. The standard InChI is InChI=1S/C32H39NO6/c1-7-8-15-38-26-12-10-9-11-23(26)30-29(32(35)39-19(2)3)20(4)33-24-16-22(17-25(34)31(24)30)21-13-14-27(36-5)28(18-21)37-6/h9-14,18-19,22,30,33H,7-8,15-17H2,1-6H3/t22-,30+/m0/s1. The molecular weight excluding hydrogens is 494 g/mol. The molecule has 2 aromatic carbocycles. The molecule has 0 fully saturated rings. The molecule has 39 heavy (non-hydrogen) atoms. The molecule has 0 amide bonds. The molecule has 0 radical (unpaired) electrons. The van der Waals surface area contributed by atoms with Gasteiger partial charge in [0.05, 0.1) is 38.4 Å². The van der Waals surface area contributed by atoms with E-state index in [-0.39, 0.29) is 17.8 Å². The molecule has 7 nitrogen and oxygen atoms in total. The van der Waals surface area contributed by atoms with Crippen LogP contribution in [0.15, 0.2) is 65.0 Å². The number of hydrogen-bond donors (Lipinski definition) is 1. The van der Waals surface area contributed by atoms with Crippen LogP contribution in [0.2, 0.25) is 0 Å². The number of carbonyl (C=O) groups excluding carboxylic acids is 2. The Labute approximate surface area is 231 Å². The first-order chi connectivity index (χ1) is 18.8. The van der Waals surface area contributed by atoms with E-state index in [0.717, 1.165) is 29.7 Å². The first kappa shape index (κ1) is 28.3. The van der Waals surface area contributed by atoms with E-state index in [1.54, 1.807) is 14.2 Å². The normalized spacial score (nSPS) is 19.0. The average molecular weight is 534 g/mol. The summed E-state index contributed by atoms with van der Waals surface area (Å²) in [5, 5.41) is 3.42.